The summed E-state index contributed by atoms with van der Waals surface area (Å²) in [7, 11) is 0. The largest absolute Gasteiger partial charge is 0.416 e. The zero-order valence-corrected chi connectivity index (χ0v) is 13.5. The molecule has 1 aliphatic heterocycles. The van der Waals surface area contributed by atoms with Gasteiger partial charge in [-0.1, -0.05) is 26.0 Å². The highest BCUT2D eigenvalue weighted by Crippen LogP contribution is 2.29. The molecule has 23 heavy (non-hydrogen) atoms. The minimum atomic E-state index is -4.29. The van der Waals surface area contributed by atoms with E-state index >= 15 is 0 Å². The smallest absolute Gasteiger partial charge is 0.342 e. The van der Waals surface area contributed by atoms with Crippen molar-refractivity contribution in [2.24, 2.45) is 5.92 Å². The van der Waals surface area contributed by atoms with Gasteiger partial charge in [-0.05, 0) is 30.0 Å². The summed E-state index contributed by atoms with van der Waals surface area (Å²) in [5, 5.41) is 3.40. The van der Waals surface area contributed by atoms with Gasteiger partial charge in [-0.15, -0.1) is 0 Å². The van der Waals surface area contributed by atoms with Crippen LogP contribution < -0.4 is 5.32 Å². The van der Waals surface area contributed by atoms with Gasteiger partial charge in [0, 0.05) is 32.1 Å². The highest BCUT2D eigenvalue weighted by atomic mass is 19.4. The second-order valence-corrected chi connectivity index (χ2v) is 6.14. The Kier molecular flexibility index (Phi) is 5.68. The van der Waals surface area contributed by atoms with E-state index in [9.17, 15) is 18.0 Å². The zero-order valence-electron chi connectivity index (χ0n) is 13.5. The lowest BCUT2D eigenvalue weighted by molar-refractivity contribution is -0.137. The summed E-state index contributed by atoms with van der Waals surface area (Å²) in [5.41, 5.74) is 0.207. The second kappa shape index (κ2) is 7.34. The Morgan fingerprint density at radius 1 is 1.30 bits per heavy atom. The van der Waals surface area contributed by atoms with E-state index in [1.54, 1.807) is 0 Å². The standard InChI is InChI=1S/C17H23F3N2O/c1-3-16(23)22-9-8-15(12(2)11-22)21-10-13-4-6-14(7-5-13)17(18,19)20/h4-7,12,15,21H,3,8-11H2,1-2H3/t12-,15-/m1/s1. The van der Waals surface area contributed by atoms with Gasteiger partial charge in [-0.3, -0.25) is 4.79 Å². The molecule has 1 saturated heterocycles. The molecule has 1 fully saturated rings. The Morgan fingerprint density at radius 2 is 1.96 bits per heavy atom. The van der Waals surface area contributed by atoms with Gasteiger partial charge in [0.05, 0.1) is 5.56 Å². The highest BCUT2D eigenvalue weighted by molar-refractivity contribution is 5.75. The number of rotatable bonds is 4. The van der Waals surface area contributed by atoms with E-state index in [0.29, 0.717) is 18.9 Å². The molecule has 2 atom stereocenters. The quantitative estimate of drug-likeness (QED) is 0.918. The van der Waals surface area contributed by atoms with Crippen LogP contribution in [0.4, 0.5) is 13.2 Å². The van der Waals surface area contributed by atoms with Crippen molar-refractivity contribution in [1.29, 1.82) is 0 Å². The van der Waals surface area contributed by atoms with Gasteiger partial charge in [0.2, 0.25) is 5.91 Å². The molecule has 6 heteroatoms. The maximum atomic E-state index is 12.5. The van der Waals surface area contributed by atoms with Crippen LogP contribution in [0.2, 0.25) is 0 Å². The summed E-state index contributed by atoms with van der Waals surface area (Å²) in [5.74, 6) is 0.506. The molecule has 0 spiro atoms. The molecule has 0 saturated carbocycles. The Balaban J connectivity index is 1.86. The molecule has 1 aromatic carbocycles. The van der Waals surface area contributed by atoms with Crippen LogP contribution in [-0.4, -0.2) is 29.9 Å². The van der Waals surface area contributed by atoms with Crippen molar-refractivity contribution in [3.05, 3.63) is 35.4 Å². The molecule has 0 radical (unpaired) electrons. The SMILES string of the molecule is CCC(=O)N1CC[C@@H](NCc2ccc(C(F)(F)F)cc2)[C@H](C)C1. The van der Waals surface area contributed by atoms with Gasteiger partial charge in [-0.25, -0.2) is 0 Å². The van der Waals surface area contributed by atoms with Crippen LogP contribution in [-0.2, 0) is 17.5 Å². The van der Waals surface area contributed by atoms with E-state index in [1.807, 2.05) is 11.8 Å². The van der Waals surface area contributed by atoms with Crippen molar-refractivity contribution in [3.8, 4) is 0 Å². The zero-order chi connectivity index (χ0) is 17.0. The molecule has 1 amide bonds. The lowest BCUT2D eigenvalue weighted by Gasteiger charge is -2.37. The van der Waals surface area contributed by atoms with E-state index in [0.717, 1.165) is 37.2 Å². The first-order valence-corrected chi connectivity index (χ1v) is 7.98. The number of carbonyl (C=O) groups excluding carboxylic acids is 1. The molecule has 2 rings (SSSR count). The summed E-state index contributed by atoms with van der Waals surface area (Å²) >= 11 is 0. The molecule has 1 N–H and O–H groups in total. The van der Waals surface area contributed by atoms with Crippen molar-refractivity contribution in [2.45, 2.75) is 45.5 Å². The van der Waals surface area contributed by atoms with Crippen molar-refractivity contribution in [1.82, 2.24) is 10.2 Å². The predicted molar refractivity (Wildman–Crippen MR) is 82.7 cm³/mol. The van der Waals surface area contributed by atoms with E-state index < -0.39 is 11.7 Å². The molecule has 0 aromatic heterocycles. The third-order valence-electron chi connectivity index (χ3n) is 4.41. The molecule has 0 aliphatic carbocycles. The minimum Gasteiger partial charge on any atom is -0.342 e. The Bertz CT molecular complexity index is 528. The number of likely N-dealkylation sites (tertiary alicyclic amines) is 1. The van der Waals surface area contributed by atoms with Crippen LogP contribution in [0.1, 0.15) is 37.8 Å². The maximum Gasteiger partial charge on any atom is 0.416 e. The molecule has 0 bridgehead atoms. The number of hydrogen-bond donors (Lipinski definition) is 1. The van der Waals surface area contributed by atoms with Crippen molar-refractivity contribution in [2.75, 3.05) is 13.1 Å². The molecular weight excluding hydrogens is 305 g/mol. The fraction of sp³-hybridized carbons (Fsp3) is 0.588. The van der Waals surface area contributed by atoms with Crippen molar-refractivity contribution >= 4 is 5.91 Å². The van der Waals surface area contributed by atoms with Gasteiger partial charge in [0.25, 0.3) is 0 Å². The van der Waals surface area contributed by atoms with E-state index in [4.69, 9.17) is 0 Å². The molecule has 0 unspecified atom stereocenters. The van der Waals surface area contributed by atoms with Gasteiger partial charge >= 0.3 is 6.18 Å². The lowest BCUT2D eigenvalue weighted by atomic mass is 9.93. The Labute approximate surface area is 134 Å². The summed E-state index contributed by atoms with van der Waals surface area (Å²) in [4.78, 5) is 13.6. The summed E-state index contributed by atoms with van der Waals surface area (Å²) in [6.07, 6.45) is -2.90. The van der Waals surface area contributed by atoms with Crippen LogP contribution >= 0.6 is 0 Å². The van der Waals surface area contributed by atoms with Crippen LogP contribution in [0, 0.1) is 5.92 Å². The topological polar surface area (TPSA) is 32.3 Å². The fourth-order valence-corrected chi connectivity index (χ4v) is 2.96. The van der Waals surface area contributed by atoms with Crippen LogP contribution in [0.5, 0.6) is 0 Å². The number of amides is 1. The molecular formula is C17H23F3N2O. The third kappa shape index (κ3) is 4.70. The first-order chi connectivity index (χ1) is 10.8. The van der Waals surface area contributed by atoms with Gasteiger partial charge < -0.3 is 10.2 Å². The van der Waals surface area contributed by atoms with Crippen LogP contribution in [0.3, 0.4) is 0 Å². The van der Waals surface area contributed by atoms with E-state index in [-0.39, 0.29) is 11.9 Å². The predicted octanol–water partition coefficient (Wildman–Crippen LogP) is 3.44. The number of alkyl halides is 3. The fourth-order valence-electron chi connectivity index (χ4n) is 2.96. The van der Waals surface area contributed by atoms with Crippen LogP contribution in [0.25, 0.3) is 0 Å². The number of hydrogen-bond acceptors (Lipinski definition) is 2. The molecule has 3 nitrogen and oxygen atoms in total. The summed E-state index contributed by atoms with van der Waals surface area (Å²) in [6.45, 7) is 5.97. The second-order valence-electron chi connectivity index (χ2n) is 6.14. The van der Waals surface area contributed by atoms with Gasteiger partial charge in [-0.2, -0.15) is 13.2 Å². The van der Waals surface area contributed by atoms with Gasteiger partial charge in [0.1, 0.15) is 0 Å². The third-order valence-corrected chi connectivity index (χ3v) is 4.41. The van der Waals surface area contributed by atoms with E-state index in [2.05, 4.69) is 12.2 Å². The number of nitrogens with one attached hydrogen (secondary N) is 1. The van der Waals surface area contributed by atoms with Gasteiger partial charge in [0.15, 0.2) is 0 Å². The molecule has 128 valence electrons. The number of benzene rings is 1. The van der Waals surface area contributed by atoms with Crippen molar-refractivity contribution < 1.29 is 18.0 Å². The van der Waals surface area contributed by atoms with Crippen molar-refractivity contribution in [3.63, 3.8) is 0 Å². The first kappa shape index (κ1) is 17.8. The number of nitrogens with zero attached hydrogens (tertiary/aromatic N) is 1. The van der Waals surface area contributed by atoms with E-state index in [1.165, 1.54) is 12.1 Å². The number of carbonyl (C=O) groups is 1. The Hall–Kier alpha value is -1.56. The molecule has 1 heterocycles. The average Bonchev–Trinajstić information content (AvgIpc) is 2.52. The first-order valence-electron chi connectivity index (χ1n) is 7.98. The minimum absolute atomic E-state index is 0.179. The maximum absolute atomic E-state index is 12.5. The monoisotopic (exact) mass is 328 g/mol. The summed E-state index contributed by atoms with van der Waals surface area (Å²) in [6, 6.07) is 5.52. The average molecular weight is 328 g/mol. The number of piperidine rings is 1. The van der Waals surface area contributed by atoms with Crippen LogP contribution in [0.15, 0.2) is 24.3 Å². The highest BCUT2D eigenvalue weighted by Gasteiger charge is 2.30. The molecule has 1 aromatic rings. The number of halogens is 3. The lowest BCUT2D eigenvalue weighted by Crippen LogP contribution is -2.49. The molecule has 1 aliphatic rings. The Morgan fingerprint density at radius 3 is 2.48 bits per heavy atom. The summed E-state index contributed by atoms with van der Waals surface area (Å²) < 4.78 is 37.6. The normalized spacial score (nSPS) is 22.2.